The lowest BCUT2D eigenvalue weighted by Crippen LogP contribution is -2.46. The van der Waals surface area contributed by atoms with E-state index in [1.165, 1.54) is 218 Å². The summed E-state index contributed by atoms with van der Waals surface area (Å²) in [6.07, 6.45) is 63.9. The number of carbonyl (C=O) groups is 2. The second kappa shape index (κ2) is 54.3. The van der Waals surface area contributed by atoms with Crippen LogP contribution in [0.4, 0.5) is 0 Å². The molecular weight excluding hydrogens is 815 g/mol. The van der Waals surface area contributed by atoms with Gasteiger partial charge in [-0.2, -0.15) is 0 Å². The van der Waals surface area contributed by atoms with Crippen LogP contribution in [0.1, 0.15) is 323 Å². The first-order chi connectivity index (χ1) is 32.5. The molecule has 0 fully saturated rings. The first kappa shape index (κ1) is 64.3. The van der Waals surface area contributed by atoms with Gasteiger partial charge in [-0.1, -0.05) is 257 Å². The molecule has 0 aliphatic rings. The van der Waals surface area contributed by atoms with Crippen molar-refractivity contribution in [2.75, 3.05) is 6.61 Å². The second-order valence-corrected chi connectivity index (χ2v) is 20.4. The van der Waals surface area contributed by atoms with Gasteiger partial charge in [-0.05, 0) is 77.0 Å². The minimum absolute atomic E-state index is 0.0733. The first-order valence-electron chi connectivity index (χ1n) is 29.6. The number of allylic oxidation sites excluding steroid dienone is 4. The Hall–Kier alpha value is -1.66. The van der Waals surface area contributed by atoms with Crippen LogP contribution in [0.25, 0.3) is 0 Å². The van der Waals surface area contributed by atoms with Crippen LogP contribution in [0, 0.1) is 0 Å². The predicted octanol–water partition coefficient (Wildman–Crippen LogP) is 18.2. The molecule has 0 saturated heterocycles. The monoisotopic (exact) mass is 930 g/mol. The minimum atomic E-state index is -0.789. The van der Waals surface area contributed by atoms with E-state index in [0.717, 1.165) is 57.8 Å². The lowest BCUT2D eigenvalue weighted by Gasteiger charge is -2.24. The van der Waals surface area contributed by atoms with E-state index < -0.39 is 18.2 Å². The number of unbranched alkanes of at least 4 members (excludes halogenated alkanes) is 38. The van der Waals surface area contributed by atoms with E-state index >= 15 is 0 Å². The maximum atomic E-state index is 13.3. The Kier molecular flexibility index (Phi) is 52.9. The van der Waals surface area contributed by atoms with E-state index in [1.54, 1.807) is 0 Å². The van der Waals surface area contributed by atoms with Gasteiger partial charge >= 0.3 is 5.97 Å². The number of rotatable bonds is 54. The summed E-state index contributed by atoms with van der Waals surface area (Å²) in [7, 11) is 0. The Balaban J connectivity index is 4.52. The highest BCUT2D eigenvalue weighted by atomic mass is 16.5. The number of esters is 1. The molecule has 0 rings (SSSR count). The van der Waals surface area contributed by atoms with E-state index in [-0.39, 0.29) is 24.9 Å². The zero-order chi connectivity index (χ0) is 48.1. The van der Waals surface area contributed by atoms with Gasteiger partial charge in [-0.3, -0.25) is 9.59 Å². The van der Waals surface area contributed by atoms with Crippen molar-refractivity contribution in [1.82, 2.24) is 5.32 Å². The molecule has 6 heteroatoms. The highest BCUT2D eigenvalue weighted by molar-refractivity contribution is 5.77. The third-order valence-corrected chi connectivity index (χ3v) is 13.8. The molecule has 0 aromatic carbocycles. The largest absolute Gasteiger partial charge is 0.462 e. The van der Waals surface area contributed by atoms with Gasteiger partial charge in [-0.15, -0.1) is 0 Å². The fourth-order valence-corrected chi connectivity index (χ4v) is 9.25. The van der Waals surface area contributed by atoms with Gasteiger partial charge < -0.3 is 20.3 Å². The normalized spacial score (nSPS) is 13.2. The van der Waals surface area contributed by atoms with Gasteiger partial charge in [0.15, 0.2) is 0 Å². The standard InChI is InChI=1S/C60H115NO5/c1-4-7-10-13-16-19-22-25-27-29-31-34-36-39-42-45-48-51-56(66-60(65)53-50-47-44-41-38-33-24-21-18-15-12-9-6-3)54-59(64)61-57(55-62)58(63)52-49-46-43-40-37-35-32-30-28-26-23-20-17-14-11-8-5-2/h25,27,33,38,56-58,62-63H,4-24,26,28-32,34-37,39-55H2,1-3H3,(H,61,64)/b27-25+,38-33-. The van der Waals surface area contributed by atoms with Crippen LogP contribution >= 0.6 is 0 Å². The molecule has 0 aromatic rings. The summed E-state index contributed by atoms with van der Waals surface area (Å²) in [5.74, 6) is -0.480. The highest BCUT2D eigenvalue weighted by Crippen LogP contribution is 2.19. The molecule has 0 aliphatic carbocycles. The van der Waals surface area contributed by atoms with Gasteiger partial charge in [0, 0.05) is 6.42 Å². The molecule has 0 radical (unpaired) electrons. The molecule has 390 valence electrons. The molecule has 0 aliphatic heterocycles. The van der Waals surface area contributed by atoms with Crippen molar-refractivity contribution in [1.29, 1.82) is 0 Å². The Morgan fingerprint density at radius 3 is 1.08 bits per heavy atom. The number of hydrogen-bond acceptors (Lipinski definition) is 5. The maximum absolute atomic E-state index is 13.3. The molecule has 0 saturated carbocycles. The van der Waals surface area contributed by atoms with Crippen LogP contribution in [0.15, 0.2) is 24.3 Å². The number of ether oxygens (including phenoxy) is 1. The molecule has 66 heavy (non-hydrogen) atoms. The van der Waals surface area contributed by atoms with Crippen molar-refractivity contribution in [3.63, 3.8) is 0 Å². The van der Waals surface area contributed by atoms with Gasteiger partial charge in [0.1, 0.15) is 6.10 Å². The summed E-state index contributed by atoms with van der Waals surface area (Å²) in [5, 5.41) is 23.9. The molecule has 0 aromatic heterocycles. The number of amides is 1. The lowest BCUT2D eigenvalue weighted by molar-refractivity contribution is -0.151. The molecule has 1 amide bonds. The molecule has 0 heterocycles. The minimum Gasteiger partial charge on any atom is -0.462 e. The third-order valence-electron chi connectivity index (χ3n) is 13.8. The lowest BCUT2D eigenvalue weighted by atomic mass is 10.0. The number of nitrogens with one attached hydrogen (secondary N) is 1. The highest BCUT2D eigenvalue weighted by Gasteiger charge is 2.24. The van der Waals surface area contributed by atoms with E-state index in [2.05, 4.69) is 50.4 Å². The Morgan fingerprint density at radius 2 is 0.727 bits per heavy atom. The van der Waals surface area contributed by atoms with Gasteiger partial charge in [0.25, 0.3) is 0 Å². The molecule has 3 N–H and O–H groups in total. The molecule has 0 bridgehead atoms. The average Bonchev–Trinajstić information content (AvgIpc) is 3.31. The van der Waals surface area contributed by atoms with Crippen molar-refractivity contribution in [3.05, 3.63) is 24.3 Å². The molecule has 6 nitrogen and oxygen atoms in total. The SMILES string of the molecule is CCCCCCCC/C=C\CCCCCC(=O)OC(CCCCCCCCC/C=C/CCCCCCCC)CC(=O)NC(CO)C(O)CCCCCCCCCCCCCCCCCCC. The van der Waals surface area contributed by atoms with E-state index in [4.69, 9.17) is 4.74 Å². The van der Waals surface area contributed by atoms with Gasteiger partial charge in [0.2, 0.25) is 5.91 Å². The maximum Gasteiger partial charge on any atom is 0.306 e. The van der Waals surface area contributed by atoms with E-state index in [9.17, 15) is 19.8 Å². The van der Waals surface area contributed by atoms with Crippen LogP contribution in [-0.4, -0.2) is 46.9 Å². The Labute approximate surface area is 411 Å². The quantitative estimate of drug-likeness (QED) is 0.0321. The Morgan fingerprint density at radius 1 is 0.424 bits per heavy atom. The number of hydrogen-bond donors (Lipinski definition) is 3. The third kappa shape index (κ3) is 48.8. The predicted molar refractivity (Wildman–Crippen MR) is 287 cm³/mol. The summed E-state index contributed by atoms with van der Waals surface area (Å²) in [5.41, 5.74) is 0. The summed E-state index contributed by atoms with van der Waals surface area (Å²) in [6, 6.07) is -0.703. The summed E-state index contributed by atoms with van der Waals surface area (Å²) < 4.78 is 5.95. The van der Waals surface area contributed by atoms with Crippen molar-refractivity contribution in [3.8, 4) is 0 Å². The smallest absolute Gasteiger partial charge is 0.306 e. The number of carbonyl (C=O) groups excluding carboxylic acids is 2. The van der Waals surface area contributed by atoms with Gasteiger partial charge in [-0.25, -0.2) is 0 Å². The van der Waals surface area contributed by atoms with Crippen LogP contribution in [0.3, 0.4) is 0 Å². The van der Waals surface area contributed by atoms with Crippen molar-refractivity contribution in [2.45, 2.75) is 341 Å². The second-order valence-electron chi connectivity index (χ2n) is 20.4. The fraction of sp³-hybridized carbons (Fsp3) is 0.900. The van der Waals surface area contributed by atoms with Crippen LogP contribution in [0.5, 0.6) is 0 Å². The van der Waals surface area contributed by atoms with Crippen molar-refractivity contribution < 1.29 is 24.5 Å². The van der Waals surface area contributed by atoms with E-state index in [0.29, 0.717) is 19.3 Å². The van der Waals surface area contributed by atoms with Crippen LogP contribution in [-0.2, 0) is 14.3 Å². The van der Waals surface area contributed by atoms with Gasteiger partial charge in [0.05, 0.1) is 25.2 Å². The summed E-state index contributed by atoms with van der Waals surface area (Å²) >= 11 is 0. The van der Waals surface area contributed by atoms with Crippen molar-refractivity contribution >= 4 is 11.9 Å². The first-order valence-corrected chi connectivity index (χ1v) is 29.6. The molecule has 0 spiro atoms. The zero-order valence-electron chi connectivity index (χ0n) is 44.6. The van der Waals surface area contributed by atoms with E-state index in [1.807, 2.05) is 0 Å². The molecule has 3 unspecified atom stereocenters. The van der Waals surface area contributed by atoms with Crippen LogP contribution < -0.4 is 5.32 Å². The number of aliphatic hydroxyl groups excluding tert-OH is 2. The fourth-order valence-electron chi connectivity index (χ4n) is 9.25. The summed E-state index contributed by atoms with van der Waals surface area (Å²) in [6.45, 7) is 6.51. The average molecular weight is 931 g/mol. The number of aliphatic hydroxyl groups is 2. The molecular formula is C60H115NO5. The molecule has 3 atom stereocenters. The Bertz CT molecular complexity index is 1040. The van der Waals surface area contributed by atoms with Crippen molar-refractivity contribution in [2.24, 2.45) is 0 Å². The summed E-state index contributed by atoms with van der Waals surface area (Å²) in [4.78, 5) is 26.3. The zero-order valence-corrected chi connectivity index (χ0v) is 44.6. The van der Waals surface area contributed by atoms with Crippen LogP contribution in [0.2, 0.25) is 0 Å². The topological polar surface area (TPSA) is 95.9 Å².